The predicted molar refractivity (Wildman–Crippen MR) is 55.8 cm³/mol. The first kappa shape index (κ1) is 16.4. The second kappa shape index (κ2) is 23.2. The van der Waals surface area contributed by atoms with Gasteiger partial charge in [0.15, 0.2) is 0 Å². The first-order valence-corrected chi connectivity index (χ1v) is 5.00. The third-order valence-electron chi connectivity index (χ3n) is 0.348. The van der Waals surface area contributed by atoms with E-state index in [1.807, 2.05) is 33.3 Å². The molecule has 10 heavy (non-hydrogen) atoms. The number of hydrogen-bond donors (Lipinski definition) is 0. The highest BCUT2D eigenvalue weighted by atomic mass is 32.2. The van der Waals surface area contributed by atoms with Gasteiger partial charge in [0.25, 0.3) is 0 Å². The summed E-state index contributed by atoms with van der Waals surface area (Å²) in [5, 5.41) is 0. The minimum atomic E-state index is 1.02. The Balaban J connectivity index is -0.0000000847. The van der Waals surface area contributed by atoms with Gasteiger partial charge in [-0.25, -0.2) is 0 Å². The van der Waals surface area contributed by atoms with Crippen LogP contribution < -0.4 is 0 Å². The van der Waals surface area contributed by atoms with Crippen LogP contribution in [-0.4, -0.2) is 12.5 Å². The quantitative estimate of drug-likeness (QED) is 0.526. The van der Waals surface area contributed by atoms with Crippen LogP contribution in [-0.2, 0) is 0 Å². The summed E-state index contributed by atoms with van der Waals surface area (Å²) < 4.78 is 0. The molecule has 0 aliphatic carbocycles. The second-order valence-electron chi connectivity index (χ2n) is 1.46. The molecular formula is C9H20S. The van der Waals surface area contributed by atoms with Crippen molar-refractivity contribution >= 4 is 11.8 Å². The Kier molecular flexibility index (Phi) is 38.1. The molecule has 0 aliphatic heterocycles. The fraction of sp³-hybridized carbons (Fsp3) is 0.556. The van der Waals surface area contributed by atoms with Crippen molar-refractivity contribution in [1.82, 2.24) is 0 Å². The molecular weight excluding hydrogens is 140 g/mol. The van der Waals surface area contributed by atoms with E-state index in [9.17, 15) is 0 Å². The van der Waals surface area contributed by atoms with Gasteiger partial charge in [-0.1, -0.05) is 38.7 Å². The molecule has 0 rings (SSSR count). The smallest absolute Gasteiger partial charge is 0.0187 e. The summed E-state index contributed by atoms with van der Waals surface area (Å²) in [6.45, 7) is 12.9. The molecule has 0 atom stereocenters. The standard InChI is InChI=1S/C5H8.C2H6S.C2H6/c1-4-5(2)3;1-3-2;1-2/h4H,1-2H2,3H3;1-2H3;1-2H3. The summed E-state index contributed by atoms with van der Waals surface area (Å²) in [5.41, 5.74) is 1.02. The fourth-order valence-electron chi connectivity index (χ4n) is 0. The first-order chi connectivity index (χ1) is 4.68. The minimum Gasteiger partial charge on any atom is -0.169 e. The molecule has 62 valence electrons. The van der Waals surface area contributed by atoms with Gasteiger partial charge in [-0.2, -0.15) is 11.8 Å². The van der Waals surface area contributed by atoms with Gasteiger partial charge in [-0.05, 0) is 19.4 Å². The van der Waals surface area contributed by atoms with Crippen LogP contribution in [0.25, 0.3) is 0 Å². The summed E-state index contributed by atoms with van der Waals surface area (Å²) in [4.78, 5) is 0. The molecule has 0 fully saturated rings. The maximum absolute atomic E-state index is 3.56. The summed E-state index contributed by atoms with van der Waals surface area (Å²) in [7, 11) is 0. The molecule has 0 unspecified atom stereocenters. The molecule has 0 saturated carbocycles. The zero-order valence-electron chi connectivity index (χ0n) is 7.90. The van der Waals surface area contributed by atoms with Crippen LogP contribution in [0.3, 0.4) is 0 Å². The van der Waals surface area contributed by atoms with E-state index < -0.39 is 0 Å². The van der Waals surface area contributed by atoms with Gasteiger partial charge in [-0.3, -0.25) is 0 Å². The van der Waals surface area contributed by atoms with Gasteiger partial charge in [0.2, 0.25) is 0 Å². The molecule has 0 amide bonds. The second-order valence-corrected chi connectivity index (χ2v) is 2.28. The summed E-state index contributed by atoms with van der Waals surface area (Å²) in [5.74, 6) is 0. The highest BCUT2D eigenvalue weighted by Crippen LogP contribution is 1.81. The Labute approximate surface area is 70.4 Å². The Hall–Kier alpha value is -0.170. The molecule has 0 aromatic carbocycles. The Morgan fingerprint density at radius 2 is 1.40 bits per heavy atom. The summed E-state index contributed by atoms with van der Waals surface area (Å²) >= 11 is 1.75. The molecule has 0 aromatic heterocycles. The third kappa shape index (κ3) is 109. The largest absolute Gasteiger partial charge is 0.169 e. The monoisotopic (exact) mass is 160 g/mol. The van der Waals surface area contributed by atoms with E-state index in [-0.39, 0.29) is 0 Å². The van der Waals surface area contributed by atoms with E-state index >= 15 is 0 Å². The lowest BCUT2D eigenvalue weighted by molar-refractivity contribution is 1.50. The lowest BCUT2D eigenvalue weighted by Crippen LogP contribution is -1.50. The lowest BCUT2D eigenvalue weighted by Gasteiger charge is -1.71. The van der Waals surface area contributed by atoms with Gasteiger partial charge in [0.1, 0.15) is 0 Å². The van der Waals surface area contributed by atoms with E-state index in [1.54, 1.807) is 17.8 Å². The third-order valence-corrected chi connectivity index (χ3v) is 0.348. The lowest BCUT2D eigenvalue weighted by atomic mass is 10.4. The molecule has 1 heteroatoms. The normalized spacial score (nSPS) is 5.70. The zero-order valence-corrected chi connectivity index (χ0v) is 8.72. The van der Waals surface area contributed by atoms with Crippen molar-refractivity contribution < 1.29 is 0 Å². The SMILES string of the molecule is C=CC(=C)C.CC.CSC. The van der Waals surface area contributed by atoms with Gasteiger partial charge in [0.05, 0.1) is 0 Å². The van der Waals surface area contributed by atoms with Crippen molar-refractivity contribution in [3.05, 3.63) is 24.8 Å². The van der Waals surface area contributed by atoms with E-state index in [0.29, 0.717) is 0 Å². The van der Waals surface area contributed by atoms with Crippen molar-refractivity contribution in [2.24, 2.45) is 0 Å². The topological polar surface area (TPSA) is 0 Å². The van der Waals surface area contributed by atoms with Crippen LogP contribution in [0, 0.1) is 0 Å². The predicted octanol–water partition coefficient (Wildman–Crippen LogP) is 3.75. The average Bonchev–Trinajstić information content (AvgIpc) is 1.94. The maximum atomic E-state index is 3.56. The molecule has 0 N–H and O–H groups in total. The molecule has 0 bridgehead atoms. The van der Waals surface area contributed by atoms with E-state index in [1.165, 1.54) is 0 Å². The van der Waals surface area contributed by atoms with Crippen LogP contribution in [0.5, 0.6) is 0 Å². The maximum Gasteiger partial charge on any atom is -0.0187 e. The van der Waals surface area contributed by atoms with E-state index in [0.717, 1.165) is 5.57 Å². The van der Waals surface area contributed by atoms with Gasteiger partial charge in [0, 0.05) is 0 Å². The molecule has 0 radical (unpaired) electrons. The van der Waals surface area contributed by atoms with Crippen LogP contribution in [0.1, 0.15) is 20.8 Å². The molecule has 0 heterocycles. The van der Waals surface area contributed by atoms with E-state index in [4.69, 9.17) is 0 Å². The van der Waals surface area contributed by atoms with Crippen LogP contribution in [0.2, 0.25) is 0 Å². The first-order valence-electron chi connectivity index (χ1n) is 3.37. The van der Waals surface area contributed by atoms with Crippen molar-refractivity contribution in [1.29, 1.82) is 0 Å². The molecule has 0 nitrogen and oxygen atoms in total. The van der Waals surface area contributed by atoms with Crippen molar-refractivity contribution in [2.75, 3.05) is 12.5 Å². The summed E-state index contributed by atoms with van der Waals surface area (Å²) in [6, 6.07) is 0. The van der Waals surface area contributed by atoms with Crippen molar-refractivity contribution in [2.45, 2.75) is 20.8 Å². The Bertz CT molecular complexity index is 65.1. The highest BCUT2D eigenvalue weighted by molar-refractivity contribution is 7.97. The summed E-state index contributed by atoms with van der Waals surface area (Å²) in [6.07, 6.45) is 5.81. The Morgan fingerprint density at radius 1 is 1.30 bits per heavy atom. The van der Waals surface area contributed by atoms with Gasteiger partial charge in [-0.15, -0.1) is 0 Å². The molecule has 0 aromatic rings. The minimum absolute atomic E-state index is 1.02. The van der Waals surface area contributed by atoms with Crippen LogP contribution in [0.15, 0.2) is 24.8 Å². The van der Waals surface area contributed by atoms with E-state index in [2.05, 4.69) is 13.2 Å². The number of rotatable bonds is 1. The van der Waals surface area contributed by atoms with Crippen LogP contribution >= 0.6 is 11.8 Å². The highest BCUT2D eigenvalue weighted by Gasteiger charge is 1.59. The molecule has 0 saturated heterocycles. The number of allylic oxidation sites excluding steroid dienone is 2. The van der Waals surface area contributed by atoms with Gasteiger partial charge >= 0.3 is 0 Å². The fourth-order valence-corrected chi connectivity index (χ4v) is 0. The van der Waals surface area contributed by atoms with Crippen molar-refractivity contribution in [3.63, 3.8) is 0 Å². The van der Waals surface area contributed by atoms with Crippen LogP contribution in [0.4, 0.5) is 0 Å². The Morgan fingerprint density at radius 3 is 1.40 bits per heavy atom. The van der Waals surface area contributed by atoms with Gasteiger partial charge < -0.3 is 0 Å². The molecule has 0 spiro atoms. The zero-order chi connectivity index (χ0) is 8.99. The number of thioether (sulfide) groups is 1. The number of hydrogen-bond acceptors (Lipinski definition) is 1. The molecule has 0 aliphatic rings. The average molecular weight is 160 g/mol. The van der Waals surface area contributed by atoms with Crippen molar-refractivity contribution in [3.8, 4) is 0 Å².